The van der Waals surface area contributed by atoms with E-state index in [0.29, 0.717) is 28.2 Å². The number of hydrogen-bond acceptors (Lipinski definition) is 5. The second kappa shape index (κ2) is 3.27. The van der Waals surface area contributed by atoms with Crippen LogP contribution in [0.3, 0.4) is 0 Å². The molecule has 0 saturated heterocycles. The highest BCUT2D eigenvalue weighted by Crippen LogP contribution is 2.22. The molecule has 0 unspecified atom stereocenters. The molecule has 1 aromatic heterocycles. The van der Waals surface area contributed by atoms with Gasteiger partial charge >= 0.3 is 5.97 Å². The van der Waals surface area contributed by atoms with Crippen LogP contribution in [0.1, 0.15) is 16.2 Å². The van der Waals surface area contributed by atoms with E-state index < -0.39 is 5.97 Å². The molecule has 5 heteroatoms. The number of esters is 1. The molecule has 5 nitrogen and oxygen atoms in total. The lowest BCUT2D eigenvalue weighted by atomic mass is 10.1. The lowest BCUT2D eigenvalue weighted by molar-refractivity contribution is 0.0602. The number of nitrogen functional groups attached to an aromatic ring is 1. The number of carbonyl (C=O) groups excluding carboxylic acids is 1. The molecular weight excluding hydrogens is 196 g/mol. The highest BCUT2D eigenvalue weighted by atomic mass is 16.5. The van der Waals surface area contributed by atoms with Crippen LogP contribution in [-0.2, 0) is 4.74 Å². The van der Waals surface area contributed by atoms with Crippen molar-refractivity contribution >= 4 is 22.8 Å². The van der Waals surface area contributed by atoms with Crippen LogP contribution in [0.5, 0.6) is 0 Å². The first-order valence-corrected chi connectivity index (χ1v) is 4.37. The third-order valence-electron chi connectivity index (χ3n) is 2.07. The Balaban J connectivity index is 2.66. The molecule has 0 aliphatic heterocycles. The van der Waals surface area contributed by atoms with Gasteiger partial charge in [-0.05, 0) is 12.1 Å². The zero-order valence-corrected chi connectivity index (χ0v) is 8.40. The van der Waals surface area contributed by atoms with Gasteiger partial charge in [0, 0.05) is 12.6 Å². The summed E-state index contributed by atoms with van der Waals surface area (Å²) in [7, 11) is 1.30. The first-order chi connectivity index (χ1) is 7.11. The Bertz CT molecular complexity index is 531. The van der Waals surface area contributed by atoms with Gasteiger partial charge in [-0.15, -0.1) is 0 Å². The van der Waals surface area contributed by atoms with E-state index in [9.17, 15) is 4.79 Å². The predicted molar refractivity (Wildman–Crippen MR) is 54.5 cm³/mol. The van der Waals surface area contributed by atoms with Gasteiger partial charge in [0.2, 0.25) is 0 Å². The summed E-state index contributed by atoms with van der Waals surface area (Å²) < 4.78 is 9.88. The summed E-state index contributed by atoms with van der Waals surface area (Å²) in [5.74, 6) is 0.0508. The van der Waals surface area contributed by atoms with Gasteiger partial charge < -0.3 is 14.9 Å². The van der Waals surface area contributed by atoms with Crippen LogP contribution in [0.15, 0.2) is 16.5 Å². The molecule has 0 spiro atoms. The number of anilines is 1. The van der Waals surface area contributed by atoms with Gasteiger partial charge in [-0.25, -0.2) is 9.78 Å². The Kier molecular flexibility index (Phi) is 2.07. The molecule has 0 radical (unpaired) electrons. The summed E-state index contributed by atoms with van der Waals surface area (Å²) >= 11 is 0. The molecule has 2 aromatic rings. The molecule has 2 rings (SSSR count). The fraction of sp³-hybridized carbons (Fsp3) is 0.200. The van der Waals surface area contributed by atoms with Crippen molar-refractivity contribution in [3.05, 3.63) is 23.6 Å². The summed E-state index contributed by atoms with van der Waals surface area (Å²) in [4.78, 5) is 15.4. The maximum atomic E-state index is 11.3. The van der Waals surface area contributed by atoms with Crippen LogP contribution in [0.2, 0.25) is 0 Å². The number of methoxy groups -OCH3 is 1. The Hall–Kier alpha value is -2.04. The maximum Gasteiger partial charge on any atom is 0.340 e. The molecule has 0 aliphatic rings. The SMILES string of the molecule is COC(=O)c1cc2oc(C)nc2cc1N. The number of aromatic nitrogens is 1. The monoisotopic (exact) mass is 206 g/mol. The number of hydrogen-bond donors (Lipinski definition) is 1. The highest BCUT2D eigenvalue weighted by molar-refractivity contribution is 5.99. The lowest BCUT2D eigenvalue weighted by Gasteiger charge is -2.01. The molecule has 0 saturated carbocycles. The second-order valence-corrected chi connectivity index (χ2v) is 3.13. The minimum atomic E-state index is -0.483. The average molecular weight is 206 g/mol. The molecule has 15 heavy (non-hydrogen) atoms. The standard InChI is InChI=1S/C10H10N2O3/c1-5-12-8-4-7(11)6(10(13)14-2)3-9(8)15-5/h3-4H,11H2,1-2H3. The van der Waals surface area contributed by atoms with Crippen molar-refractivity contribution in [1.82, 2.24) is 4.98 Å². The zero-order chi connectivity index (χ0) is 11.0. The van der Waals surface area contributed by atoms with Gasteiger partial charge in [-0.2, -0.15) is 0 Å². The molecule has 0 aliphatic carbocycles. The maximum absolute atomic E-state index is 11.3. The number of nitrogens with zero attached hydrogens (tertiary/aromatic N) is 1. The van der Waals surface area contributed by atoms with E-state index in [-0.39, 0.29) is 0 Å². The summed E-state index contributed by atoms with van der Waals surface area (Å²) in [5.41, 5.74) is 7.48. The quantitative estimate of drug-likeness (QED) is 0.565. The third kappa shape index (κ3) is 1.52. The van der Waals surface area contributed by atoms with Gasteiger partial charge in [0.1, 0.15) is 5.52 Å². The van der Waals surface area contributed by atoms with Gasteiger partial charge in [0.15, 0.2) is 11.5 Å². The zero-order valence-electron chi connectivity index (χ0n) is 8.40. The van der Waals surface area contributed by atoms with E-state index in [1.165, 1.54) is 13.2 Å². The normalized spacial score (nSPS) is 10.5. The molecule has 78 valence electrons. The first kappa shape index (κ1) is 9.51. The molecule has 1 aromatic carbocycles. The van der Waals surface area contributed by atoms with Crippen LogP contribution >= 0.6 is 0 Å². The van der Waals surface area contributed by atoms with E-state index in [4.69, 9.17) is 10.2 Å². The number of ether oxygens (including phenoxy) is 1. The average Bonchev–Trinajstić information content (AvgIpc) is 2.55. The van der Waals surface area contributed by atoms with Crippen LogP contribution in [0.4, 0.5) is 5.69 Å². The Labute approximate surface area is 85.8 Å². The van der Waals surface area contributed by atoms with Crippen molar-refractivity contribution in [2.45, 2.75) is 6.92 Å². The summed E-state index contributed by atoms with van der Waals surface area (Å²) in [6.45, 7) is 1.73. The second-order valence-electron chi connectivity index (χ2n) is 3.13. The van der Waals surface area contributed by atoms with Crippen molar-refractivity contribution in [3.8, 4) is 0 Å². The number of nitrogens with two attached hydrogens (primary N) is 1. The van der Waals surface area contributed by atoms with Crippen LogP contribution in [0.25, 0.3) is 11.1 Å². The van der Waals surface area contributed by atoms with Crippen LogP contribution in [-0.4, -0.2) is 18.1 Å². The Morgan fingerprint density at radius 3 is 2.93 bits per heavy atom. The van der Waals surface area contributed by atoms with Crippen molar-refractivity contribution in [2.24, 2.45) is 0 Å². The molecule has 0 fully saturated rings. The van der Waals surface area contributed by atoms with Crippen molar-refractivity contribution in [1.29, 1.82) is 0 Å². The van der Waals surface area contributed by atoms with Crippen molar-refractivity contribution in [3.63, 3.8) is 0 Å². The topological polar surface area (TPSA) is 78.3 Å². The molecule has 0 amide bonds. The minimum Gasteiger partial charge on any atom is -0.465 e. The number of benzene rings is 1. The largest absolute Gasteiger partial charge is 0.465 e. The number of aryl methyl sites for hydroxylation is 1. The number of carbonyl (C=O) groups is 1. The third-order valence-corrected chi connectivity index (χ3v) is 2.07. The van der Waals surface area contributed by atoms with Crippen molar-refractivity contribution in [2.75, 3.05) is 12.8 Å². The van der Waals surface area contributed by atoms with E-state index in [2.05, 4.69) is 9.72 Å². The van der Waals surface area contributed by atoms with Gasteiger partial charge in [0.25, 0.3) is 0 Å². The molecule has 2 N–H and O–H groups in total. The Morgan fingerprint density at radius 2 is 2.27 bits per heavy atom. The fourth-order valence-electron chi connectivity index (χ4n) is 1.39. The number of fused-ring (bicyclic) bond motifs is 1. The van der Waals surface area contributed by atoms with Gasteiger partial charge in [-0.3, -0.25) is 0 Å². The van der Waals surface area contributed by atoms with Crippen LogP contribution in [0, 0.1) is 6.92 Å². The smallest absolute Gasteiger partial charge is 0.340 e. The van der Waals surface area contributed by atoms with E-state index >= 15 is 0 Å². The van der Waals surface area contributed by atoms with Gasteiger partial charge in [-0.1, -0.05) is 0 Å². The van der Waals surface area contributed by atoms with E-state index in [1.54, 1.807) is 13.0 Å². The first-order valence-electron chi connectivity index (χ1n) is 4.37. The highest BCUT2D eigenvalue weighted by Gasteiger charge is 2.13. The van der Waals surface area contributed by atoms with Crippen LogP contribution < -0.4 is 5.73 Å². The Morgan fingerprint density at radius 1 is 1.53 bits per heavy atom. The summed E-state index contributed by atoms with van der Waals surface area (Å²) in [5, 5.41) is 0. The lowest BCUT2D eigenvalue weighted by Crippen LogP contribution is -2.05. The van der Waals surface area contributed by atoms with Crippen molar-refractivity contribution < 1.29 is 13.9 Å². The summed E-state index contributed by atoms with van der Waals surface area (Å²) in [6.07, 6.45) is 0. The minimum absolute atomic E-state index is 0.293. The molecular formula is C10H10N2O3. The van der Waals surface area contributed by atoms with E-state index in [1.807, 2.05) is 0 Å². The molecule has 0 bridgehead atoms. The number of oxazole rings is 1. The number of rotatable bonds is 1. The van der Waals surface area contributed by atoms with Gasteiger partial charge in [0.05, 0.1) is 12.7 Å². The molecule has 0 atom stereocenters. The van der Waals surface area contributed by atoms with E-state index in [0.717, 1.165) is 0 Å². The molecule has 1 heterocycles. The predicted octanol–water partition coefficient (Wildman–Crippen LogP) is 1.51. The fourth-order valence-corrected chi connectivity index (χ4v) is 1.39. The summed E-state index contributed by atoms with van der Waals surface area (Å²) in [6, 6.07) is 3.13.